The van der Waals surface area contributed by atoms with Crippen LogP contribution in [0.15, 0.2) is 36.4 Å². The van der Waals surface area contributed by atoms with E-state index in [4.69, 9.17) is 9.84 Å². The van der Waals surface area contributed by atoms with Crippen LogP contribution >= 0.6 is 0 Å². The Labute approximate surface area is 99.6 Å². The van der Waals surface area contributed by atoms with Gasteiger partial charge in [0.05, 0.1) is 12.7 Å². The van der Waals surface area contributed by atoms with Gasteiger partial charge in [0, 0.05) is 6.61 Å². The van der Waals surface area contributed by atoms with Gasteiger partial charge in [0.15, 0.2) is 0 Å². The Balaban J connectivity index is 2.62. The van der Waals surface area contributed by atoms with E-state index < -0.39 is 0 Å². The summed E-state index contributed by atoms with van der Waals surface area (Å²) in [6, 6.07) is 11.4. The van der Waals surface area contributed by atoms with Crippen LogP contribution in [-0.4, -0.2) is 24.8 Å². The summed E-state index contributed by atoms with van der Waals surface area (Å²) in [7, 11) is 1.36. The third-order valence-electron chi connectivity index (χ3n) is 2.75. The lowest BCUT2D eigenvalue weighted by Gasteiger charge is -2.08. The van der Waals surface area contributed by atoms with Crippen molar-refractivity contribution in [2.45, 2.75) is 6.42 Å². The summed E-state index contributed by atoms with van der Waals surface area (Å²) < 4.78 is 4.72. The van der Waals surface area contributed by atoms with Crippen molar-refractivity contribution >= 4 is 16.7 Å². The second kappa shape index (κ2) is 4.97. The van der Waals surface area contributed by atoms with Gasteiger partial charge in [0.1, 0.15) is 0 Å². The number of hydrogen-bond acceptors (Lipinski definition) is 3. The molecule has 2 rings (SSSR count). The summed E-state index contributed by atoms with van der Waals surface area (Å²) in [6.45, 7) is 0.0641. The van der Waals surface area contributed by atoms with Crippen LogP contribution in [0.3, 0.4) is 0 Å². The second-order valence-corrected chi connectivity index (χ2v) is 3.82. The molecule has 17 heavy (non-hydrogen) atoms. The molecular formula is C14H14O3. The Morgan fingerprint density at radius 3 is 2.76 bits per heavy atom. The average Bonchev–Trinajstić information content (AvgIpc) is 2.38. The summed E-state index contributed by atoms with van der Waals surface area (Å²) in [5.74, 6) is -0.352. The van der Waals surface area contributed by atoms with Crippen molar-refractivity contribution in [2.24, 2.45) is 0 Å². The number of hydrogen-bond donors (Lipinski definition) is 1. The zero-order chi connectivity index (χ0) is 12.3. The summed E-state index contributed by atoms with van der Waals surface area (Å²) in [4.78, 5) is 11.5. The molecule has 2 aromatic rings. The third-order valence-corrected chi connectivity index (χ3v) is 2.75. The van der Waals surface area contributed by atoms with Crippen molar-refractivity contribution in [3.8, 4) is 0 Å². The van der Waals surface area contributed by atoms with Crippen LogP contribution < -0.4 is 0 Å². The van der Waals surface area contributed by atoms with Crippen molar-refractivity contribution in [2.75, 3.05) is 13.7 Å². The molecule has 0 spiro atoms. The number of rotatable bonds is 3. The van der Waals surface area contributed by atoms with Gasteiger partial charge in [-0.25, -0.2) is 4.79 Å². The fourth-order valence-electron chi connectivity index (χ4n) is 1.95. The molecule has 0 amide bonds. The van der Waals surface area contributed by atoms with Crippen molar-refractivity contribution < 1.29 is 14.6 Å². The van der Waals surface area contributed by atoms with E-state index in [9.17, 15) is 4.79 Å². The molecule has 0 bridgehead atoms. The first-order chi connectivity index (χ1) is 8.26. The highest BCUT2D eigenvalue weighted by atomic mass is 16.5. The third kappa shape index (κ3) is 2.29. The van der Waals surface area contributed by atoms with Crippen molar-refractivity contribution in [1.82, 2.24) is 0 Å². The fraction of sp³-hybridized carbons (Fsp3) is 0.214. The van der Waals surface area contributed by atoms with Crippen LogP contribution in [0.4, 0.5) is 0 Å². The van der Waals surface area contributed by atoms with Crippen LogP contribution in [0.25, 0.3) is 10.8 Å². The number of carbonyl (C=O) groups excluding carboxylic acids is 1. The van der Waals surface area contributed by atoms with Gasteiger partial charge in [-0.2, -0.15) is 0 Å². The van der Waals surface area contributed by atoms with Crippen molar-refractivity contribution in [3.63, 3.8) is 0 Å². The molecule has 0 saturated heterocycles. The van der Waals surface area contributed by atoms with Crippen molar-refractivity contribution in [3.05, 3.63) is 47.5 Å². The molecule has 0 radical (unpaired) electrons. The van der Waals surface area contributed by atoms with Gasteiger partial charge >= 0.3 is 5.97 Å². The Morgan fingerprint density at radius 2 is 2.06 bits per heavy atom. The molecule has 0 heterocycles. The fourth-order valence-corrected chi connectivity index (χ4v) is 1.95. The van der Waals surface area contributed by atoms with E-state index in [1.54, 1.807) is 6.07 Å². The molecule has 0 aliphatic heterocycles. The van der Waals surface area contributed by atoms with Gasteiger partial charge in [0.2, 0.25) is 0 Å². The molecule has 3 heteroatoms. The number of aliphatic hydroxyl groups excluding tert-OH is 1. The van der Waals surface area contributed by atoms with E-state index >= 15 is 0 Å². The van der Waals surface area contributed by atoms with E-state index in [1.165, 1.54) is 7.11 Å². The quantitative estimate of drug-likeness (QED) is 0.822. The Kier molecular flexibility index (Phi) is 3.40. The highest BCUT2D eigenvalue weighted by molar-refractivity contribution is 5.96. The van der Waals surface area contributed by atoms with Crippen LogP contribution in [0.5, 0.6) is 0 Å². The van der Waals surface area contributed by atoms with Crippen LogP contribution in [0.2, 0.25) is 0 Å². The molecule has 3 nitrogen and oxygen atoms in total. The maximum absolute atomic E-state index is 11.5. The first kappa shape index (κ1) is 11.6. The summed E-state index contributed by atoms with van der Waals surface area (Å²) in [5, 5.41) is 11.1. The van der Waals surface area contributed by atoms with E-state index in [2.05, 4.69) is 0 Å². The topological polar surface area (TPSA) is 46.5 Å². The normalized spacial score (nSPS) is 10.5. The molecule has 0 unspecified atom stereocenters. The SMILES string of the molecule is COC(=O)c1cc(CCO)c2ccccc2c1. The minimum Gasteiger partial charge on any atom is -0.465 e. The molecule has 2 aromatic carbocycles. The predicted molar refractivity (Wildman–Crippen MR) is 66.1 cm³/mol. The van der Waals surface area contributed by atoms with E-state index in [0.717, 1.165) is 16.3 Å². The lowest BCUT2D eigenvalue weighted by molar-refractivity contribution is 0.0600. The number of ether oxygens (including phenoxy) is 1. The Morgan fingerprint density at radius 1 is 1.29 bits per heavy atom. The van der Waals surface area contributed by atoms with E-state index in [-0.39, 0.29) is 12.6 Å². The standard InChI is InChI=1S/C14H14O3/c1-17-14(16)12-8-10-4-2-3-5-13(10)11(9-12)6-7-15/h2-5,8-9,15H,6-7H2,1H3. The minimum atomic E-state index is -0.352. The minimum absolute atomic E-state index is 0.0641. The molecule has 0 aliphatic carbocycles. The van der Waals surface area contributed by atoms with Gasteiger partial charge < -0.3 is 9.84 Å². The number of aliphatic hydroxyl groups is 1. The maximum Gasteiger partial charge on any atom is 0.337 e. The molecule has 1 N–H and O–H groups in total. The smallest absolute Gasteiger partial charge is 0.337 e. The van der Waals surface area contributed by atoms with E-state index in [0.29, 0.717) is 12.0 Å². The van der Waals surface area contributed by atoms with Crippen LogP contribution in [0, 0.1) is 0 Å². The largest absolute Gasteiger partial charge is 0.465 e. The molecular weight excluding hydrogens is 216 g/mol. The molecule has 0 atom stereocenters. The summed E-state index contributed by atoms with van der Waals surface area (Å²) in [6.07, 6.45) is 0.533. The van der Waals surface area contributed by atoms with Gasteiger partial charge in [-0.05, 0) is 34.9 Å². The van der Waals surface area contributed by atoms with E-state index in [1.807, 2.05) is 30.3 Å². The summed E-state index contributed by atoms with van der Waals surface area (Å²) in [5.41, 5.74) is 1.49. The second-order valence-electron chi connectivity index (χ2n) is 3.82. The molecule has 88 valence electrons. The van der Waals surface area contributed by atoms with Crippen LogP contribution in [-0.2, 0) is 11.2 Å². The zero-order valence-corrected chi connectivity index (χ0v) is 9.64. The monoisotopic (exact) mass is 230 g/mol. The Bertz CT molecular complexity index is 546. The van der Waals surface area contributed by atoms with Gasteiger partial charge in [-0.1, -0.05) is 24.3 Å². The summed E-state index contributed by atoms with van der Waals surface area (Å²) >= 11 is 0. The maximum atomic E-state index is 11.5. The highest BCUT2D eigenvalue weighted by Gasteiger charge is 2.09. The van der Waals surface area contributed by atoms with Gasteiger partial charge in [0.25, 0.3) is 0 Å². The first-order valence-corrected chi connectivity index (χ1v) is 5.47. The first-order valence-electron chi connectivity index (χ1n) is 5.47. The zero-order valence-electron chi connectivity index (χ0n) is 9.64. The molecule has 0 saturated carbocycles. The Hall–Kier alpha value is -1.87. The molecule has 0 aromatic heterocycles. The number of carbonyl (C=O) groups is 1. The number of methoxy groups -OCH3 is 1. The lowest BCUT2D eigenvalue weighted by Crippen LogP contribution is -2.03. The lowest BCUT2D eigenvalue weighted by atomic mass is 9.99. The number of fused-ring (bicyclic) bond motifs is 1. The van der Waals surface area contributed by atoms with Gasteiger partial charge in [-0.3, -0.25) is 0 Å². The molecule has 0 fully saturated rings. The van der Waals surface area contributed by atoms with Crippen LogP contribution in [0.1, 0.15) is 15.9 Å². The predicted octanol–water partition coefficient (Wildman–Crippen LogP) is 2.16. The molecule has 0 aliphatic rings. The number of benzene rings is 2. The highest BCUT2D eigenvalue weighted by Crippen LogP contribution is 2.22. The van der Waals surface area contributed by atoms with Gasteiger partial charge in [-0.15, -0.1) is 0 Å². The van der Waals surface area contributed by atoms with Crippen molar-refractivity contribution in [1.29, 1.82) is 0 Å². The average molecular weight is 230 g/mol. The number of esters is 1.